The van der Waals surface area contributed by atoms with E-state index < -0.39 is 0 Å². The van der Waals surface area contributed by atoms with Crippen LogP contribution in [-0.4, -0.2) is 32.8 Å². The molecule has 0 aromatic carbocycles. The van der Waals surface area contributed by atoms with Gasteiger partial charge < -0.3 is 5.73 Å². The van der Waals surface area contributed by atoms with Crippen LogP contribution in [0.3, 0.4) is 0 Å². The van der Waals surface area contributed by atoms with Gasteiger partial charge in [0.2, 0.25) is 0 Å². The summed E-state index contributed by atoms with van der Waals surface area (Å²) in [7, 11) is 0. The van der Waals surface area contributed by atoms with E-state index in [1.165, 1.54) is 31.4 Å². The Bertz CT molecular complexity index is 423. The van der Waals surface area contributed by atoms with E-state index in [0.717, 1.165) is 19.4 Å². The molecule has 2 saturated heterocycles. The maximum absolute atomic E-state index is 6.14. The molecular formula is C16H28N4. The van der Waals surface area contributed by atoms with Gasteiger partial charge in [-0.2, -0.15) is 5.10 Å². The molecule has 2 atom stereocenters. The van der Waals surface area contributed by atoms with E-state index in [1.54, 1.807) is 0 Å². The zero-order valence-electron chi connectivity index (χ0n) is 12.8. The first kappa shape index (κ1) is 14.1. The standard InChI is InChI=1S/C16H28N4/c1-3-14(4-2)20-8-7-13(18-20)11-19-15-5-6-16(19)10-12(17)9-15/h7-8,12,14-16H,3-6,9-11,17H2,1-2H3. The molecular weight excluding hydrogens is 248 g/mol. The molecule has 3 heterocycles. The van der Waals surface area contributed by atoms with Crippen molar-refractivity contribution in [2.45, 2.75) is 83.1 Å². The van der Waals surface area contributed by atoms with Gasteiger partial charge in [-0.1, -0.05) is 13.8 Å². The van der Waals surface area contributed by atoms with E-state index >= 15 is 0 Å². The topological polar surface area (TPSA) is 47.1 Å². The molecule has 2 fully saturated rings. The molecule has 2 aliphatic heterocycles. The van der Waals surface area contributed by atoms with Crippen molar-refractivity contribution in [3.05, 3.63) is 18.0 Å². The third-order valence-electron chi connectivity index (χ3n) is 5.25. The van der Waals surface area contributed by atoms with Crippen molar-refractivity contribution in [3.63, 3.8) is 0 Å². The molecule has 112 valence electrons. The maximum Gasteiger partial charge on any atom is 0.0765 e. The Morgan fingerprint density at radius 1 is 1.25 bits per heavy atom. The first-order valence-electron chi connectivity index (χ1n) is 8.26. The summed E-state index contributed by atoms with van der Waals surface area (Å²) in [6.45, 7) is 5.48. The Morgan fingerprint density at radius 3 is 2.50 bits per heavy atom. The molecule has 1 aromatic heterocycles. The van der Waals surface area contributed by atoms with Crippen LogP contribution in [0.1, 0.15) is 64.1 Å². The Balaban J connectivity index is 1.67. The van der Waals surface area contributed by atoms with E-state index in [1.807, 2.05) is 0 Å². The summed E-state index contributed by atoms with van der Waals surface area (Å²) in [4.78, 5) is 2.66. The normalized spacial score (nSPS) is 30.3. The van der Waals surface area contributed by atoms with Crippen LogP contribution in [0.2, 0.25) is 0 Å². The Morgan fingerprint density at radius 2 is 1.90 bits per heavy atom. The van der Waals surface area contributed by atoms with E-state index in [-0.39, 0.29) is 0 Å². The van der Waals surface area contributed by atoms with Gasteiger partial charge in [-0.25, -0.2) is 0 Å². The van der Waals surface area contributed by atoms with E-state index in [9.17, 15) is 0 Å². The van der Waals surface area contributed by atoms with Gasteiger partial charge in [0.15, 0.2) is 0 Å². The van der Waals surface area contributed by atoms with Gasteiger partial charge in [-0.15, -0.1) is 0 Å². The van der Waals surface area contributed by atoms with Crippen LogP contribution in [0.5, 0.6) is 0 Å². The number of fused-ring (bicyclic) bond motifs is 2. The van der Waals surface area contributed by atoms with Crippen molar-refractivity contribution in [2.75, 3.05) is 0 Å². The SMILES string of the molecule is CCC(CC)n1ccc(CN2C3CCC2CC(N)C3)n1. The number of nitrogens with zero attached hydrogens (tertiary/aromatic N) is 3. The predicted molar refractivity (Wildman–Crippen MR) is 81.4 cm³/mol. The van der Waals surface area contributed by atoms with Crippen molar-refractivity contribution in [2.24, 2.45) is 5.73 Å². The molecule has 0 radical (unpaired) electrons. The summed E-state index contributed by atoms with van der Waals surface area (Å²) in [5.41, 5.74) is 7.37. The summed E-state index contributed by atoms with van der Waals surface area (Å²) in [5, 5.41) is 4.81. The lowest BCUT2D eigenvalue weighted by atomic mass is 9.98. The number of hydrogen-bond acceptors (Lipinski definition) is 3. The number of piperidine rings is 1. The molecule has 2 unspecified atom stereocenters. The van der Waals surface area contributed by atoms with Gasteiger partial charge in [0, 0.05) is 30.9 Å². The minimum absolute atomic E-state index is 0.422. The van der Waals surface area contributed by atoms with Crippen molar-refractivity contribution in [1.29, 1.82) is 0 Å². The van der Waals surface area contributed by atoms with Crippen LogP contribution in [0, 0.1) is 0 Å². The van der Waals surface area contributed by atoms with E-state index in [0.29, 0.717) is 24.2 Å². The van der Waals surface area contributed by atoms with Crippen LogP contribution >= 0.6 is 0 Å². The van der Waals surface area contributed by atoms with Gasteiger partial charge in [0.1, 0.15) is 0 Å². The zero-order chi connectivity index (χ0) is 14.1. The number of rotatable bonds is 5. The third kappa shape index (κ3) is 2.63. The smallest absolute Gasteiger partial charge is 0.0765 e. The summed E-state index contributed by atoms with van der Waals surface area (Å²) >= 11 is 0. The van der Waals surface area contributed by atoms with Gasteiger partial charge in [-0.3, -0.25) is 9.58 Å². The Kier molecular flexibility index (Phi) is 4.13. The third-order valence-corrected chi connectivity index (χ3v) is 5.25. The Labute approximate surface area is 122 Å². The van der Waals surface area contributed by atoms with Crippen molar-refractivity contribution in [3.8, 4) is 0 Å². The van der Waals surface area contributed by atoms with Gasteiger partial charge >= 0.3 is 0 Å². The van der Waals surface area contributed by atoms with Crippen molar-refractivity contribution in [1.82, 2.24) is 14.7 Å². The molecule has 2 bridgehead atoms. The van der Waals surface area contributed by atoms with Crippen LogP contribution in [0.25, 0.3) is 0 Å². The highest BCUT2D eigenvalue weighted by molar-refractivity contribution is 5.04. The maximum atomic E-state index is 6.14. The minimum atomic E-state index is 0.422. The van der Waals surface area contributed by atoms with Crippen LogP contribution < -0.4 is 5.73 Å². The van der Waals surface area contributed by atoms with E-state index in [2.05, 4.69) is 35.7 Å². The van der Waals surface area contributed by atoms with Gasteiger partial charge in [-0.05, 0) is 44.6 Å². The number of nitrogens with two attached hydrogens (primary N) is 1. The molecule has 1 aromatic rings. The number of hydrogen-bond donors (Lipinski definition) is 1. The van der Waals surface area contributed by atoms with Crippen LogP contribution in [0.15, 0.2) is 12.3 Å². The minimum Gasteiger partial charge on any atom is -0.328 e. The lowest BCUT2D eigenvalue weighted by Crippen LogP contribution is -2.46. The van der Waals surface area contributed by atoms with Gasteiger partial charge in [0.25, 0.3) is 0 Å². The molecule has 2 aliphatic rings. The second-order valence-electron chi connectivity index (χ2n) is 6.55. The quantitative estimate of drug-likeness (QED) is 0.899. The average Bonchev–Trinajstić information content (AvgIpc) is 2.97. The largest absolute Gasteiger partial charge is 0.328 e. The molecule has 0 saturated carbocycles. The molecule has 0 amide bonds. The highest BCUT2D eigenvalue weighted by Crippen LogP contribution is 2.36. The summed E-state index contributed by atoms with van der Waals surface area (Å²) < 4.78 is 2.16. The summed E-state index contributed by atoms with van der Waals surface area (Å²) in [6, 6.07) is 4.57. The monoisotopic (exact) mass is 276 g/mol. The van der Waals surface area contributed by atoms with Gasteiger partial charge in [0.05, 0.1) is 11.7 Å². The van der Waals surface area contributed by atoms with Crippen LogP contribution in [-0.2, 0) is 6.54 Å². The molecule has 0 spiro atoms. The summed E-state index contributed by atoms with van der Waals surface area (Å²) in [5.74, 6) is 0. The molecule has 4 nitrogen and oxygen atoms in total. The fourth-order valence-corrected chi connectivity index (χ4v) is 4.09. The Hall–Kier alpha value is -0.870. The van der Waals surface area contributed by atoms with Crippen LogP contribution in [0.4, 0.5) is 0 Å². The molecule has 3 rings (SSSR count). The zero-order valence-corrected chi connectivity index (χ0v) is 12.8. The fourth-order valence-electron chi connectivity index (χ4n) is 4.09. The second kappa shape index (κ2) is 5.86. The highest BCUT2D eigenvalue weighted by atomic mass is 15.3. The second-order valence-corrected chi connectivity index (χ2v) is 6.55. The number of aromatic nitrogens is 2. The molecule has 2 N–H and O–H groups in total. The first-order chi connectivity index (χ1) is 9.71. The molecule has 20 heavy (non-hydrogen) atoms. The average molecular weight is 276 g/mol. The summed E-state index contributed by atoms with van der Waals surface area (Å²) in [6.07, 6.45) is 9.46. The highest BCUT2D eigenvalue weighted by Gasteiger charge is 2.39. The van der Waals surface area contributed by atoms with Crippen molar-refractivity contribution < 1.29 is 0 Å². The van der Waals surface area contributed by atoms with Crippen molar-refractivity contribution >= 4 is 0 Å². The predicted octanol–water partition coefficient (Wildman–Crippen LogP) is 2.70. The molecule has 0 aliphatic carbocycles. The fraction of sp³-hybridized carbons (Fsp3) is 0.812. The van der Waals surface area contributed by atoms with E-state index in [4.69, 9.17) is 10.8 Å². The first-order valence-corrected chi connectivity index (χ1v) is 8.26. The lowest BCUT2D eigenvalue weighted by Gasteiger charge is -2.37. The molecule has 4 heteroatoms. The lowest BCUT2D eigenvalue weighted by molar-refractivity contribution is 0.118.